The first-order valence-corrected chi connectivity index (χ1v) is 7.62. The van der Waals surface area contributed by atoms with Crippen molar-refractivity contribution in [1.29, 1.82) is 0 Å². The van der Waals surface area contributed by atoms with Crippen molar-refractivity contribution in [2.45, 2.75) is 57.2 Å². The highest BCUT2D eigenvalue weighted by molar-refractivity contribution is 6.00. The molecule has 112 valence electrons. The molecular weight excluding hydrogens is 256 g/mol. The van der Waals surface area contributed by atoms with Crippen LogP contribution in [0.5, 0.6) is 0 Å². The zero-order valence-corrected chi connectivity index (χ0v) is 12.5. The first-order chi connectivity index (χ1) is 9.49. The van der Waals surface area contributed by atoms with E-state index in [9.17, 15) is 9.59 Å². The Bertz CT molecular complexity index is 431. The lowest BCUT2D eigenvalue weighted by Crippen LogP contribution is -2.72. The van der Waals surface area contributed by atoms with E-state index in [4.69, 9.17) is 4.74 Å². The van der Waals surface area contributed by atoms with E-state index >= 15 is 0 Å². The molecule has 2 aliphatic carbocycles. The number of hydrogen-bond donors (Lipinski definition) is 1. The van der Waals surface area contributed by atoms with Crippen LogP contribution in [0.3, 0.4) is 0 Å². The van der Waals surface area contributed by atoms with Crippen molar-refractivity contribution < 1.29 is 14.3 Å². The van der Waals surface area contributed by atoms with Crippen molar-refractivity contribution in [2.75, 3.05) is 13.7 Å². The number of methoxy groups -OCH3 is 1. The highest BCUT2D eigenvalue weighted by atomic mass is 16.5. The molecule has 1 saturated heterocycles. The van der Waals surface area contributed by atoms with Crippen LogP contribution in [0.25, 0.3) is 0 Å². The third-order valence-electron chi connectivity index (χ3n) is 4.98. The van der Waals surface area contributed by atoms with Crippen molar-refractivity contribution in [3.63, 3.8) is 0 Å². The van der Waals surface area contributed by atoms with Crippen LogP contribution in [0.4, 0.5) is 0 Å². The van der Waals surface area contributed by atoms with Gasteiger partial charge in [-0.15, -0.1) is 0 Å². The van der Waals surface area contributed by atoms with Crippen LogP contribution >= 0.6 is 0 Å². The number of nitrogens with zero attached hydrogens (tertiary/aromatic N) is 1. The Hall–Kier alpha value is -1.10. The van der Waals surface area contributed by atoms with E-state index < -0.39 is 5.54 Å². The molecule has 3 rings (SSSR count). The Morgan fingerprint density at radius 3 is 2.50 bits per heavy atom. The molecule has 5 heteroatoms. The minimum atomic E-state index is -0.704. The fourth-order valence-electron chi connectivity index (χ4n) is 3.49. The van der Waals surface area contributed by atoms with Gasteiger partial charge in [0.2, 0.25) is 11.8 Å². The van der Waals surface area contributed by atoms with Crippen molar-refractivity contribution in [3.05, 3.63) is 0 Å². The average Bonchev–Trinajstić information content (AvgIpc) is 3.26. The zero-order valence-electron chi connectivity index (χ0n) is 12.5. The van der Waals surface area contributed by atoms with Gasteiger partial charge in [-0.1, -0.05) is 0 Å². The summed E-state index contributed by atoms with van der Waals surface area (Å²) < 4.78 is 5.21. The second-order valence-corrected chi connectivity index (χ2v) is 6.76. The Kier molecular flexibility index (Phi) is 3.27. The smallest absolute Gasteiger partial charge is 0.249 e. The van der Waals surface area contributed by atoms with E-state index in [-0.39, 0.29) is 23.9 Å². The summed E-state index contributed by atoms with van der Waals surface area (Å²) in [5.41, 5.74) is -0.704. The molecule has 3 fully saturated rings. The van der Waals surface area contributed by atoms with Gasteiger partial charge >= 0.3 is 0 Å². The fourth-order valence-corrected chi connectivity index (χ4v) is 3.49. The standard InChI is InChI=1S/C15H24N2O3/c1-9(8-20-3)17-12(10-4-5-10)13(18)16-15(2,14(17)19)11-6-7-11/h9-12H,4-8H2,1-3H3,(H,16,18). The Morgan fingerprint density at radius 1 is 1.35 bits per heavy atom. The summed E-state index contributed by atoms with van der Waals surface area (Å²) in [6, 6.07) is -0.346. The summed E-state index contributed by atoms with van der Waals surface area (Å²) in [4.78, 5) is 27.3. The first kappa shape index (κ1) is 13.9. The van der Waals surface area contributed by atoms with Crippen molar-refractivity contribution in [3.8, 4) is 0 Å². The molecule has 1 heterocycles. The highest BCUT2D eigenvalue weighted by Gasteiger charge is 2.58. The largest absolute Gasteiger partial charge is 0.383 e. The molecule has 0 aromatic heterocycles. The third kappa shape index (κ3) is 2.12. The van der Waals surface area contributed by atoms with Gasteiger partial charge in [0.15, 0.2) is 0 Å². The number of hydrogen-bond acceptors (Lipinski definition) is 3. The second-order valence-electron chi connectivity index (χ2n) is 6.76. The van der Waals surface area contributed by atoms with Crippen LogP contribution in [-0.2, 0) is 14.3 Å². The van der Waals surface area contributed by atoms with Crippen molar-refractivity contribution in [2.24, 2.45) is 11.8 Å². The van der Waals surface area contributed by atoms with Crippen molar-refractivity contribution in [1.82, 2.24) is 10.2 Å². The van der Waals surface area contributed by atoms with Crippen LogP contribution in [0.2, 0.25) is 0 Å². The van der Waals surface area contributed by atoms with E-state index in [0.717, 1.165) is 25.7 Å². The molecule has 20 heavy (non-hydrogen) atoms. The average molecular weight is 280 g/mol. The molecule has 0 spiro atoms. The molecule has 1 aliphatic heterocycles. The van der Waals surface area contributed by atoms with Gasteiger partial charge in [0.1, 0.15) is 11.6 Å². The van der Waals surface area contributed by atoms with E-state index in [1.807, 2.05) is 18.7 Å². The Labute approximate surface area is 120 Å². The van der Waals surface area contributed by atoms with Gasteiger partial charge in [-0.3, -0.25) is 9.59 Å². The third-order valence-corrected chi connectivity index (χ3v) is 4.98. The van der Waals surface area contributed by atoms with E-state index in [1.54, 1.807) is 7.11 Å². The molecular formula is C15H24N2O3. The summed E-state index contributed by atoms with van der Waals surface area (Å²) >= 11 is 0. The summed E-state index contributed by atoms with van der Waals surface area (Å²) in [5.74, 6) is 0.754. The number of amides is 2. The summed E-state index contributed by atoms with van der Waals surface area (Å²) in [5, 5.41) is 3.03. The number of carbonyl (C=O) groups is 2. The molecule has 2 saturated carbocycles. The van der Waals surface area contributed by atoms with Gasteiger partial charge in [0.25, 0.3) is 0 Å². The molecule has 0 aromatic carbocycles. The molecule has 3 atom stereocenters. The van der Waals surface area contributed by atoms with E-state index in [0.29, 0.717) is 18.4 Å². The lowest BCUT2D eigenvalue weighted by atomic mass is 9.87. The topological polar surface area (TPSA) is 58.6 Å². The van der Waals surface area contributed by atoms with Gasteiger partial charge in [0, 0.05) is 7.11 Å². The maximum absolute atomic E-state index is 13.0. The fraction of sp³-hybridized carbons (Fsp3) is 0.867. The molecule has 3 unspecified atom stereocenters. The summed E-state index contributed by atoms with van der Waals surface area (Å²) in [7, 11) is 1.64. The minimum Gasteiger partial charge on any atom is -0.383 e. The number of rotatable bonds is 5. The number of nitrogens with one attached hydrogen (secondary N) is 1. The van der Waals surface area contributed by atoms with Crippen LogP contribution in [0.1, 0.15) is 39.5 Å². The van der Waals surface area contributed by atoms with E-state index in [1.165, 1.54) is 0 Å². The van der Waals surface area contributed by atoms with Gasteiger partial charge in [-0.2, -0.15) is 0 Å². The molecule has 0 radical (unpaired) electrons. The molecule has 3 aliphatic rings. The lowest BCUT2D eigenvalue weighted by molar-refractivity contribution is -0.160. The quantitative estimate of drug-likeness (QED) is 0.815. The maximum Gasteiger partial charge on any atom is 0.249 e. The highest BCUT2D eigenvalue weighted by Crippen LogP contribution is 2.45. The Balaban J connectivity index is 1.90. The van der Waals surface area contributed by atoms with Gasteiger partial charge in [0.05, 0.1) is 12.6 Å². The molecule has 1 N–H and O–H groups in total. The molecule has 0 bridgehead atoms. The first-order valence-electron chi connectivity index (χ1n) is 7.62. The van der Waals surface area contributed by atoms with Crippen LogP contribution < -0.4 is 5.32 Å². The number of carbonyl (C=O) groups excluding carboxylic acids is 2. The summed E-state index contributed by atoms with van der Waals surface area (Å²) in [6.45, 7) is 4.34. The molecule has 5 nitrogen and oxygen atoms in total. The molecule has 0 aromatic rings. The summed E-state index contributed by atoms with van der Waals surface area (Å²) in [6.07, 6.45) is 4.15. The minimum absolute atomic E-state index is 0.0319. The predicted octanol–water partition coefficient (Wildman–Crippen LogP) is 0.927. The Morgan fingerprint density at radius 2 is 2.00 bits per heavy atom. The zero-order chi connectivity index (χ0) is 14.5. The van der Waals surface area contributed by atoms with Crippen LogP contribution in [0.15, 0.2) is 0 Å². The maximum atomic E-state index is 13.0. The SMILES string of the molecule is COCC(C)N1C(=O)C(C)(C2CC2)NC(=O)C1C1CC1. The van der Waals surface area contributed by atoms with Crippen LogP contribution in [-0.4, -0.2) is 48.1 Å². The van der Waals surface area contributed by atoms with Crippen molar-refractivity contribution >= 4 is 11.8 Å². The van der Waals surface area contributed by atoms with Gasteiger partial charge in [-0.05, 0) is 51.4 Å². The second kappa shape index (κ2) is 4.72. The van der Waals surface area contributed by atoms with E-state index in [2.05, 4.69) is 5.32 Å². The normalized spacial score (nSPS) is 36.0. The number of ether oxygens (including phenoxy) is 1. The predicted molar refractivity (Wildman–Crippen MR) is 74.0 cm³/mol. The van der Waals surface area contributed by atoms with Crippen LogP contribution in [0, 0.1) is 11.8 Å². The monoisotopic (exact) mass is 280 g/mol. The number of piperazine rings is 1. The van der Waals surface area contributed by atoms with Gasteiger partial charge < -0.3 is 15.0 Å². The molecule has 2 amide bonds. The van der Waals surface area contributed by atoms with Gasteiger partial charge in [-0.25, -0.2) is 0 Å². The lowest BCUT2D eigenvalue weighted by Gasteiger charge is -2.47.